The van der Waals surface area contributed by atoms with Crippen LogP contribution in [0.1, 0.15) is 91.9 Å². The zero-order valence-electron chi connectivity index (χ0n) is 20.5. The maximum Gasteiger partial charge on any atom is 0.472 e. The Morgan fingerprint density at radius 2 is 1.33 bits per heavy atom. The molecule has 0 aliphatic rings. The zero-order valence-corrected chi connectivity index (χ0v) is 21.4. The number of aliphatic hydroxyl groups is 4. The van der Waals surface area contributed by atoms with E-state index in [0.29, 0.717) is 12.8 Å². The van der Waals surface area contributed by atoms with E-state index in [1.807, 2.05) is 0 Å². The van der Waals surface area contributed by atoms with Crippen molar-refractivity contribution in [2.45, 2.75) is 129 Å². The van der Waals surface area contributed by atoms with Gasteiger partial charge in [0.15, 0.2) is 6.10 Å². The molecule has 11 heteroatoms. The van der Waals surface area contributed by atoms with Gasteiger partial charge in [-0.05, 0) is 33.1 Å². The van der Waals surface area contributed by atoms with Crippen molar-refractivity contribution in [1.82, 2.24) is 0 Å². The van der Waals surface area contributed by atoms with Crippen molar-refractivity contribution in [3.8, 4) is 0 Å². The van der Waals surface area contributed by atoms with E-state index < -0.39 is 57.0 Å². The van der Waals surface area contributed by atoms with Crippen molar-refractivity contribution in [2.75, 3.05) is 6.61 Å². The van der Waals surface area contributed by atoms with Crippen LogP contribution in [-0.2, 0) is 23.1 Å². The number of phosphoric ester groups is 1. The molecule has 5 N–H and O–H groups in total. The van der Waals surface area contributed by atoms with Crippen molar-refractivity contribution in [1.29, 1.82) is 0 Å². The van der Waals surface area contributed by atoms with Gasteiger partial charge in [0, 0.05) is 0 Å². The van der Waals surface area contributed by atoms with Crippen LogP contribution in [0.2, 0.25) is 0 Å². The predicted molar refractivity (Wildman–Crippen MR) is 123 cm³/mol. The molecule has 0 saturated carbocycles. The molecule has 0 heterocycles. The minimum Gasteiger partial charge on any atom is -0.461 e. The number of phosphoric acid groups is 1. The molecule has 0 aromatic heterocycles. The number of aliphatic hydroxyl groups excluding tert-OH is 4. The van der Waals surface area contributed by atoms with E-state index in [9.17, 15) is 34.7 Å². The smallest absolute Gasteiger partial charge is 0.461 e. The van der Waals surface area contributed by atoms with Crippen molar-refractivity contribution in [3.63, 3.8) is 0 Å². The van der Waals surface area contributed by atoms with Gasteiger partial charge in [-0.3, -0.25) is 9.05 Å². The summed E-state index contributed by atoms with van der Waals surface area (Å²) in [4.78, 5) is 21.8. The lowest BCUT2D eigenvalue weighted by Crippen LogP contribution is -2.49. The average molecular weight is 501 g/mol. The Morgan fingerprint density at radius 1 is 0.818 bits per heavy atom. The Bertz CT molecular complexity index is 561. The third-order valence-corrected chi connectivity index (χ3v) is 6.38. The molecule has 0 spiro atoms. The molecule has 0 aliphatic carbocycles. The molecule has 0 rings (SSSR count). The SMILES string of the molecule is CCCCCCC(C)OC(=O)[C@H](O)[C@@H](O)[C@H](O)[C@H](O)COP(=O)(O)OC(C)CCCCCC. The predicted octanol–water partition coefficient (Wildman–Crippen LogP) is 2.82. The fraction of sp³-hybridized carbons (Fsp3) is 0.955. The summed E-state index contributed by atoms with van der Waals surface area (Å²) in [5, 5.41) is 40.0. The van der Waals surface area contributed by atoms with E-state index in [0.717, 1.165) is 51.4 Å². The second-order valence-electron chi connectivity index (χ2n) is 8.62. The fourth-order valence-electron chi connectivity index (χ4n) is 3.18. The van der Waals surface area contributed by atoms with E-state index in [4.69, 9.17) is 13.8 Å². The highest BCUT2D eigenvalue weighted by Gasteiger charge is 2.37. The highest BCUT2D eigenvalue weighted by molar-refractivity contribution is 7.47. The number of unbranched alkanes of at least 4 members (excludes halogenated alkanes) is 6. The van der Waals surface area contributed by atoms with E-state index in [1.54, 1.807) is 13.8 Å². The summed E-state index contributed by atoms with van der Waals surface area (Å²) < 4.78 is 26.8. The van der Waals surface area contributed by atoms with Crippen molar-refractivity contribution in [3.05, 3.63) is 0 Å². The standard InChI is InChI=1S/C22H45O10P/c1-5-7-9-11-13-16(3)31-22(27)21(26)20(25)19(24)18(23)15-30-33(28,29)32-17(4)14-12-10-8-6-2/h16-21,23-26H,5-15H2,1-4H3,(H,28,29)/t16?,17?,18-,19-,20+,21-/m1/s1. The lowest BCUT2D eigenvalue weighted by molar-refractivity contribution is -0.174. The zero-order chi connectivity index (χ0) is 25.4. The molecule has 10 nitrogen and oxygen atoms in total. The van der Waals surface area contributed by atoms with Gasteiger partial charge in [0.05, 0.1) is 18.8 Å². The Labute approximate surface area is 197 Å². The molecule has 0 fully saturated rings. The summed E-state index contributed by atoms with van der Waals surface area (Å²) in [5.74, 6) is -1.13. The van der Waals surface area contributed by atoms with Crippen molar-refractivity contribution in [2.24, 2.45) is 0 Å². The number of hydrogen-bond donors (Lipinski definition) is 5. The van der Waals surface area contributed by atoms with Crippen molar-refractivity contribution >= 4 is 13.8 Å². The third-order valence-electron chi connectivity index (χ3n) is 5.28. The quantitative estimate of drug-likeness (QED) is 0.0954. The van der Waals surface area contributed by atoms with Crippen LogP contribution in [0.3, 0.4) is 0 Å². The molecule has 3 unspecified atom stereocenters. The normalized spacial score (nSPS) is 19.2. The van der Waals surface area contributed by atoms with E-state index >= 15 is 0 Å². The van der Waals surface area contributed by atoms with E-state index in [1.165, 1.54) is 0 Å². The molecule has 0 bridgehead atoms. The Morgan fingerprint density at radius 3 is 1.85 bits per heavy atom. The third kappa shape index (κ3) is 15.1. The summed E-state index contributed by atoms with van der Waals surface area (Å²) in [6.07, 6.45) is -0.0588. The fourth-order valence-corrected chi connectivity index (χ4v) is 4.14. The molecule has 0 aromatic rings. The van der Waals surface area contributed by atoms with Gasteiger partial charge in [0.1, 0.15) is 18.3 Å². The largest absolute Gasteiger partial charge is 0.472 e. The first-order chi connectivity index (χ1) is 15.4. The number of carbonyl (C=O) groups excluding carboxylic acids is 1. The molecule has 198 valence electrons. The molecular formula is C22H45O10P. The van der Waals surface area contributed by atoms with Gasteiger partial charge in [-0.2, -0.15) is 0 Å². The number of ether oxygens (including phenoxy) is 1. The molecule has 0 saturated heterocycles. The first-order valence-corrected chi connectivity index (χ1v) is 13.5. The van der Waals surface area contributed by atoms with E-state index in [2.05, 4.69) is 13.8 Å². The first-order valence-electron chi connectivity index (χ1n) is 12.0. The first kappa shape index (κ1) is 32.4. The second kappa shape index (κ2) is 17.8. The van der Waals surface area contributed by atoms with Crippen LogP contribution in [0.5, 0.6) is 0 Å². The monoisotopic (exact) mass is 500 g/mol. The molecule has 0 aliphatic heterocycles. The van der Waals surface area contributed by atoms with Gasteiger partial charge in [-0.15, -0.1) is 0 Å². The Kier molecular flexibility index (Phi) is 17.5. The minimum absolute atomic E-state index is 0.483. The second-order valence-corrected chi connectivity index (χ2v) is 10.0. The number of hydrogen-bond acceptors (Lipinski definition) is 9. The topological polar surface area (TPSA) is 163 Å². The summed E-state index contributed by atoms with van der Waals surface area (Å²) in [5.41, 5.74) is 0. The number of carbonyl (C=O) groups is 1. The maximum atomic E-state index is 12.0. The van der Waals surface area contributed by atoms with Gasteiger partial charge in [0.2, 0.25) is 0 Å². The van der Waals surface area contributed by atoms with Crippen LogP contribution in [0, 0.1) is 0 Å². The van der Waals surface area contributed by atoms with Gasteiger partial charge in [-0.25, -0.2) is 9.36 Å². The molecule has 0 aromatic carbocycles. The molecule has 33 heavy (non-hydrogen) atoms. The summed E-state index contributed by atoms with van der Waals surface area (Å²) in [6, 6.07) is 0. The summed E-state index contributed by atoms with van der Waals surface area (Å²) in [7, 11) is -4.51. The van der Waals surface area contributed by atoms with Gasteiger partial charge < -0.3 is 30.1 Å². The molecule has 0 amide bonds. The van der Waals surface area contributed by atoms with Crippen LogP contribution in [-0.4, -0.2) is 74.5 Å². The molecular weight excluding hydrogens is 455 g/mol. The summed E-state index contributed by atoms with van der Waals surface area (Å²) >= 11 is 0. The number of esters is 1. The Hall–Kier alpha value is -0.580. The minimum atomic E-state index is -4.51. The van der Waals surface area contributed by atoms with Gasteiger partial charge in [-0.1, -0.05) is 58.8 Å². The maximum absolute atomic E-state index is 12.0. The molecule has 0 radical (unpaired) electrons. The molecule has 7 atom stereocenters. The van der Waals surface area contributed by atoms with Crippen LogP contribution >= 0.6 is 7.82 Å². The summed E-state index contributed by atoms with van der Waals surface area (Å²) in [6.45, 7) is 6.58. The van der Waals surface area contributed by atoms with E-state index in [-0.39, 0.29) is 0 Å². The lowest BCUT2D eigenvalue weighted by atomic mass is 10.0. The van der Waals surface area contributed by atoms with Crippen molar-refractivity contribution < 1.29 is 48.5 Å². The van der Waals surface area contributed by atoms with Crippen LogP contribution in [0.25, 0.3) is 0 Å². The Balaban J connectivity index is 4.47. The van der Waals surface area contributed by atoms with Crippen LogP contribution < -0.4 is 0 Å². The average Bonchev–Trinajstić information content (AvgIpc) is 2.76. The van der Waals surface area contributed by atoms with Crippen LogP contribution in [0.15, 0.2) is 0 Å². The lowest BCUT2D eigenvalue weighted by Gasteiger charge is -2.27. The van der Waals surface area contributed by atoms with Gasteiger partial charge >= 0.3 is 13.8 Å². The van der Waals surface area contributed by atoms with Gasteiger partial charge in [0.25, 0.3) is 0 Å². The highest BCUT2D eigenvalue weighted by atomic mass is 31.2. The van der Waals surface area contributed by atoms with Crippen LogP contribution in [0.4, 0.5) is 0 Å². The number of rotatable bonds is 20. The highest BCUT2D eigenvalue weighted by Crippen LogP contribution is 2.45.